The molecule has 0 aliphatic heterocycles. The van der Waals surface area contributed by atoms with Crippen LogP contribution in [0.15, 0.2) is 36.4 Å². The van der Waals surface area contributed by atoms with Crippen molar-refractivity contribution in [2.75, 3.05) is 7.11 Å². The fraction of sp³-hybridized carbons (Fsp3) is 0.333. The topological polar surface area (TPSA) is 20.2 Å². The Morgan fingerprint density at radius 2 is 1.25 bits per heavy atom. The van der Waals surface area contributed by atoms with Crippen LogP contribution in [-0.2, 0) is 0 Å². The summed E-state index contributed by atoms with van der Waals surface area (Å²) in [5.41, 5.74) is 3.07. The zero-order chi connectivity index (χ0) is 11.7. The summed E-state index contributed by atoms with van der Waals surface area (Å²) in [5.74, 6) is 1.35. The van der Waals surface area contributed by atoms with Gasteiger partial charge in [-0.15, -0.1) is 0 Å². The van der Waals surface area contributed by atoms with Gasteiger partial charge in [0.15, 0.2) is 0 Å². The Balaban J connectivity index is 0.000000457. The number of hydrogen-bond donors (Lipinski definition) is 1. The van der Waals surface area contributed by atoms with Crippen molar-refractivity contribution >= 4 is 10.8 Å². The third kappa shape index (κ3) is 1.43. The summed E-state index contributed by atoms with van der Waals surface area (Å²) in [5, 5.41) is 9.91. The molecule has 1 aliphatic carbocycles. The minimum atomic E-state index is 0.677. The first-order chi connectivity index (χ1) is 7.79. The van der Waals surface area contributed by atoms with Crippen molar-refractivity contribution in [1.82, 2.24) is 0 Å². The molecular weight excluding hydrogens is 196 g/mol. The quantitative estimate of drug-likeness (QED) is 0.709. The molecule has 2 aromatic rings. The number of hydrogen-bond acceptors (Lipinski definition) is 1. The first-order valence-electron chi connectivity index (χ1n) is 5.75. The van der Waals surface area contributed by atoms with Gasteiger partial charge in [-0.2, -0.15) is 0 Å². The fourth-order valence-electron chi connectivity index (χ4n) is 2.70. The van der Waals surface area contributed by atoms with Crippen LogP contribution < -0.4 is 0 Å². The lowest BCUT2D eigenvalue weighted by Gasteiger charge is -2.10. The van der Waals surface area contributed by atoms with Gasteiger partial charge < -0.3 is 5.11 Å². The molecule has 0 heterocycles. The predicted octanol–water partition coefficient (Wildman–Crippen LogP) is 3.67. The van der Waals surface area contributed by atoms with Crippen LogP contribution in [0.5, 0.6) is 0 Å². The first kappa shape index (κ1) is 11.2. The van der Waals surface area contributed by atoms with Crippen LogP contribution in [0.2, 0.25) is 0 Å². The van der Waals surface area contributed by atoms with Gasteiger partial charge in [0.05, 0.1) is 0 Å². The van der Waals surface area contributed by atoms with Gasteiger partial charge in [0.1, 0.15) is 0 Å². The van der Waals surface area contributed by atoms with Crippen molar-refractivity contribution in [2.45, 2.75) is 25.7 Å². The molecule has 2 unspecified atom stereocenters. The molecule has 3 rings (SSSR count). The molecule has 0 fully saturated rings. The van der Waals surface area contributed by atoms with Gasteiger partial charge in [0, 0.05) is 7.11 Å². The van der Waals surface area contributed by atoms with Crippen molar-refractivity contribution in [1.29, 1.82) is 0 Å². The Hall–Kier alpha value is -1.34. The highest BCUT2D eigenvalue weighted by Crippen LogP contribution is 2.45. The first-order valence-corrected chi connectivity index (χ1v) is 5.75. The molecule has 0 saturated carbocycles. The summed E-state index contributed by atoms with van der Waals surface area (Å²) in [4.78, 5) is 0. The molecule has 1 aliphatic rings. The molecule has 0 spiro atoms. The molecule has 1 heteroatoms. The highest BCUT2D eigenvalue weighted by atomic mass is 16.2. The van der Waals surface area contributed by atoms with Crippen molar-refractivity contribution in [3.63, 3.8) is 0 Å². The summed E-state index contributed by atoms with van der Waals surface area (Å²) in [6, 6.07) is 13.3. The van der Waals surface area contributed by atoms with E-state index in [0.29, 0.717) is 11.8 Å². The van der Waals surface area contributed by atoms with Crippen LogP contribution in [0, 0.1) is 0 Å². The van der Waals surface area contributed by atoms with E-state index in [1.54, 1.807) is 0 Å². The maximum absolute atomic E-state index is 7.00. The molecule has 84 valence electrons. The fourth-order valence-corrected chi connectivity index (χ4v) is 2.70. The van der Waals surface area contributed by atoms with Crippen molar-refractivity contribution in [2.24, 2.45) is 0 Å². The summed E-state index contributed by atoms with van der Waals surface area (Å²) in [6.45, 7) is 4.67. The van der Waals surface area contributed by atoms with Gasteiger partial charge in [-0.25, -0.2) is 0 Å². The molecule has 1 N–H and O–H groups in total. The Morgan fingerprint density at radius 3 is 1.69 bits per heavy atom. The Labute approximate surface area is 96.7 Å². The zero-order valence-electron chi connectivity index (χ0n) is 10.1. The smallest absolute Gasteiger partial charge is 0.0319 e. The normalized spacial score (nSPS) is 21.8. The molecule has 1 nitrogen and oxygen atoms in total. The minimum Gasteiger partial charge on any atom is -0.400 e. The molecule has 0 bridgehead atoms. The van der Waals surface area contributed by atoms with Crippen LogP contribution in [-0.4, -0.2) is 12.2 Å². The molecule has 16 heavy (non-hydrogen) atoms. The van der Waals surface area contributed by atoms with Gasteiger partial charge in [-0.05, 0) is 33.7 Å². The van der Waals surface area contributed by atoms with E-state index < -0.39 is 0 Å². The summed E-state index contributed by atoms with van der Waals surface area (Å²) in [7, 11) is 1.00. The van der Waals surface area contributed by atoms with E-state index in [2.05, 4.69) is 50.2 Å². The Bertz CT molecular complexity index is 459. The van der Waals surface area contributed by atoms with E-state index >= 15 is 0 Å². The second-order valence-corrected chi connectivity index (χ2v) is 4.37. The second kappa shape index (κ2) is 4.26. The second-order valence-electron chi connectivity index (χ2n) is 4.37. The van der Waals surface area contributed by atoms with Crippen LogP contribution in [0.4, 0.5) is 0 Å². The number of aliphatic hydroxyl groups excluding tert-OH is 1. The van der Waals surface area contributed by atoms with Gasteiger partial charge in [0.25, 0.3) is 0 Å². The Morgan fingerprint density at radius 1 is 0.812 bits per heavy atom. The summed E-state index contributed by atoms with van der Waals surface area (Å²) in [6.07, 6.45) is 0. The lowest BCUT2D eigenvalue weighted by Crippen LogP contribution is -1.95. The maximum Gasteiger partial charge on any atom is 0.0319 e. The number of rotatable bonds is 0. The maximum atomic E-state index is 7.00. The predicted molar refractivity (Wildman–Crippen MR) is 68.9 cm³/mol. The largest absolute Gasteiger partial charge is 0.400 e. The standard InChI is InChI=1S/C14H14.CH4O/c1-9-10(2)13-8-4-6-11-5-3-7-12(9)14(11)13;1-2/h3-10H,1-2H3;2H,1H3. The van der Waals surface area contributed by atoms with Crippen LogP contribution in [0.3, 0.4) is 0 Å². The van der Waals surface area contributed by atoms with E-state index in [9.17, 15) is 0 Å². The molecule has 0 radical (unpaired) electrons. The molecule has 0 saturated heterocycles. The molecule has 0 aromatic heterocycles. The highest BCUT2D eigenvalue weighted by Gasteiger charge is 2.27. The van der Waals surface area contributed by atoms with E-state index in [4.69, 9.17) is 5.11 Å². The van der Waals surface area contributed by atoms with Crippen LogP contribution in [0.1, 0.15) is 36.8 Å². The summed E-state index contributed by atoms with van der Waals surface area (Å²) >= 11 is 0. The lowest BCUT2D eigenvalue weighted by atomic mass is 9.94. The average molecular weight is 214 g/mol. The SMILES string of the molecule is CC1c2cccc3cccc(c23)C1C.CO. The molecule has 2 atom stereocenters. The van der Waals surface area contributed by atoms with Gasteiger partial charge >= 0.3 is 0 Å². The number of aliphatic hydroxyl groups is 1. The Kier molecular flexibility index (Phi) is 2.97. The van der Waals surface area contributed by atoms with Crippen molar-refractivity contribution in [3.8, 4) is 0 Å². The van der Waals surface area contributed by atoms with Crippen LogP contribution in [0.25, 0.3) is 10.8 Å². The molecular formula is C15H18O. The van der Waals surface area contributed by atoms with Crippen molar-refractivity contribution in [3.05, 3.63) is 47.5 Å². The van der Waals surface area contributed by atoms with E-state index in [-0.39, 0.29) is 0 Å². The van der Waals surface area contributed by atoms with Crippen LogP contribution >= 0.6 is 0 Å². The van der Waals surface area contributed by atoms with E-state index in [0.717, 1.165) is 7.11 Å². The lowest BCUT2D eigenvalue weighted by molar-refractivity contribution is 0.399. The third-order valence-corrected chi connectivity index (χ3v) is 3.70. The monoisotopic (exact) mass is 214 g/mol. The molecule has 2 aromatic carbocycles. The van der Waals surface area contributed by atoms with E-state index in [1.807, 2.05) is 0 Å². The number of benzene rings is 2. The van der Waals surface area contributed by atoms with Crippen molar-refractivity contribution < 1.29 is 5.11 Å². The van der Waals surface area contributed by atoms with Gasteiger partial charge in [0.2, 0.25) is 0 Å². The average Bonchev–Trinajstić information content (AvgIpc) is 2.60. The minimum absolute atomic E-state index is 0.677. The zero-order valence-corrected chi connectivity index (χ0v) is 10.1. The third-order valence-electron chi connectivity index (χ3n) is 3.70. The summed E-state index contributed by atoms with van der Waals surface area (Å²) < 4.78 is 0. The van der Waals surface area contributed by atoms with Gasteiger partial charge in [-0.1, -0.05) is 50.2 Å². The van der Waals surface area contributed by atoms with Gasteiger partial charge in [-0.3, -0.25) is 0 Å². The van der Waals surface area contributed by atoms with E-state index in [1.165, 1.54) is 21.9 Å². The molecule has 0 amide bonds. The highest BCUT2D eigenvalue weighted by molar-refractivity contribution is 5.92.